The minimum absolute atomic E-state index is 0.0452. The summed E-state index contributed by atoms with van der Waals surface area (Å²) in [7, 11) is 1.74. The number of aliphatic carboxylic acids is 1. The van der Waals surface area contributed by atoms with Crippen LogP contribution in [0.4, 0.5) is 0 Å². The summed E-state index contributed by atoms with van der Waals surface area (Å²) in [6.45, 7) is 2.11. The minimum atomic E-state index is -1.07. The van der Waals surface area contributed by atoms with E-state index in [1.807, 2.05) is 30.3 Å². The zero-order chi connectivity index (χ0) is 18.0. The fourth-order valence-corrected chi connectivity index (χ4v) is 2.70. The van der Waals surface area contributed by atoms with Gasteiger partial charge in [-0.05, 0) is 25.6 Å². The second-order valence-corrected chi connectivity index (χ2v) is 5.89. The van der Waals surface area contributed by atoms with Crippen molar-refractivity contribution in [2.75, 3.05) is 7.05 Å². The molecular formula is C18H19N3O4. The van der Waals surface area contributed by atoms with Crippen molar-refractivity contribution < 1.29 is 14.6 Å². The van der Waals surface area contributed by atoms with Crippen LogP contribution in [0.2, 0.25) is 0 Å². The molecule has 0 bridgehead atoms. The quantitative estimate of drug-likeness (QED) is 0.895. The predicted octanol–water partition coefficient (Wildman–Crippen LogP) is 1.74. The largest absolute Gasteiger partial charge is 0.489 e. The molecule has 1 aromatic heterocycles. The van der Waals surface area contributed by atoms with Gasteiger partial charge in [-0.3, -0.25) is 14.3 Å². The first kappa shape index (κ1) is 16.9. The van der Waals surface area contributed by atoms with Crippen LogP contribution in [-0.2, 0) is 11.4 Å². The molecular weight excluding hydrogens is 322 g/mol. The van der Waals surface area contributed by atoms with Gasteiger partial charge in [0.15, 0.2) is 6.29 Å². The number of aliphatic imine (C=N–C) groups is 1. The zero-order valence-corrected chi connectivity index (χ0v) is 14.0. The number of aromatic nitrogens is 1. The zero-order valence-electron chi connectivity index (χ0n) is 14.0. The molecule has 1 N–H and O–H groups in total. The number of carboxylic acid groups (broad SMARTS) is 1. The summed E-state index contributed by atoms with van der Waals surface area (Å²) in [6.07, 6.45) is 0.905. The van der Waals surface area contributed by atoms with E-state index in [9.17, 15) is 14.7 Å². The van der Waals surface area contributed by atoms with Crippen molar-refractivity contribution in [2.45, 2.75) is 25.9 Å². The normalized spacial score (nSPS) is 20.3. The average molecular weight is 341 g/mol. The Hall–Kier alpha value is -2.93. The molecule has 0 aliphatic carbocycles. The van der Waals surface area contributed by atoms with Gasteiger partial charge in [0.2, 0.25) is 0 Å². The topological polar surface area (TPSA) is 84.1 Å². The van der Waals surface area contributed by atoms with Crippen LogP contribution < -0.4 is 10.3 Å². The van der Waals surface area contributed by atoms with Crippen LogP contribution in [0.25, 0.3) is 0 Å². The Labute approximate surface area is 144 Å². The van der Waals surface area contributed by atoms with Crippen molar-refractivity contribution >= 4 is 11.7 Å². The number of ether oxygens (including phenoxy) is 1. The van der Waals surface area contributed by atoms with Gasteiger partial charge in [-0.15, -0.1) is 0 Å². The molecule has 25 heavy (non-hydrogen) atoms. The molecule has 2 aromatic rings. The number of hydrogen-bond donors (Lipinski definition) is 1. The van der Waals surface area contributed by atoms with Crippen LogP contribution in [0.1, 0.15) is 18.8 Å². The molecule has 2 heterocycles. The van der Waals surface area contributed by atoms with Crippen molar-refractivity contribution in [3.05, 3.63) is 64.6 Å². The van der Waals surface area contributed by atoms with E-state index < -0.39 is 12.3 Å². The molecule has 0 fully saturated rings. The van der Waals surface area contributed by atoms with Crippen molar-refractivity contribution in [1.29, 1.82) is 0 Å². The Morgan fingerprint density at radius 3 is 2.60 bits per heavy atom. The lowest BCUT2D eigenvalue weighted by Gasteiger charge is -2.23. The third-order valence-electron chi connectivity index (χ3n) is 4.26. The average Bonchev–Trinajstić information content (AvgIpc) is 2.90. The second-order valence-electron chi connectivity index (χ2n) is 5.89. The molecule has 7 heteroatoms. The molecule has 2 atom stereocenters. The van der Waals surface area contributed by atoms with E-state index in [2.05, 4.69) is 4.99 Å². The molecule has 0 spiro atoms. The number of carboxylic acids is 1. The maximum absolute atomic E-state index is 12.4. The number of pyridine rings is 1. The van der Waals surface area contributed by atoms with Gasteiger partial charge in [-0.25, -0.2) is 9.79 Å². The van der Waals surface area contributed by atoms with Crippen LogP contribution >= 0.6 is 0 Å². The first-order valence-electron chi connectivity index (χ1n) is 7.89. The standard InChI is InChI=1S/C18H19N3O4/c1-12-16(17(23)24)19-18(20(12)2)21-9-8-14(10-15(21)22)25-11-13-6-4-3-5-7-13/h3-10,12,18H,11H2,1-2H3,(H,23,24). The van der Waals surface area contributed by atoms with Crippen molar-refractivity contribution in [2.24, 2.45) is 4.99 Å². The molecule has 2 unspecified atom stereocenters. The summed E-state index contributed by atoms with van der Waals surface area (Å²) in [5.74, 6) is -0.612. The Balaban J connectivity index is 1.78. The maximum atomic E-state index is 12.4. The van der Waals surface area contributed by atoms with Gasteiger partial charge < -0.3 is 9.84 Å². The molecule has 130 valence electrons. The van der Waals surface area contributed by atoms with E-state index in [0.29, 0.717) is 12.4 Å². The van der Waals surface area contributed by atoms with Crippen molar-refractivity contribution in [3.8, 4) is 5.75 Å². The second kappa shape index (κ2) is 6.90. The first-order valence-corrected chi connectivity index (χ1v) is 7.89. The molecule has 0 saturated heterocycles. The van der Waals surface area contributed by atoms with Crippen LogP contribution in [0.15, 0.2) is 58.4 Å². The molecule has 0 radical (unpaired) electrons. The van der Waals surface area contributed by atoms with E-state index in [0.717, 1.165) is 5.56 Å². The van der Waals surface area contributed by atoms with Crippen molar-refractivity contribution in [3.63, 3.8) is 0 Å². The first-order chi connectivity index (χ1) is 12.0. The third kappa shape index (κ3) is 3.46. The third-order valence-corrected chi connectivity index (χ3v) is 4.26. The molecule has 3 rings (SSSR count). The van der Waals surface area contributed by atoms with Crippen LogP contribution in [0.3, 0.4) is 0 Å². The molecule has 7 nitrogen and oxygen atoms in total. The van der Waals surface area contributed by atoms with Crippen LogP contribution in [-0.4, -0.2) is 39.3 Å². The van der Waals surface area contributed by atoms with Gasteiger partial charge in [0, 0.05) is 12.3 Å². The number of rotatable bonds is 5. The summed E-state index contributed by atoms with van der Waals surface area (Å²) >= 11 is 0. The van der Waals surface area contributed by atoms with Crippen LogP contribution in [0.5, 0.6) is 5.75 Å². The molecule has 1 aliphatic rings. The summed E-state index contributed by atoms with van der Waals surface area (Å²) in [6, 6.07) is 12.3. The number of carbonyl (C=O) groups is 1. The molecule has 1 aromatic carbocycles. The summed E-state index contributed by atoms with van der Waals surface area (Å²) in [4.78, 5) is 29.5. The van der Waals surface area contributed by atoms with Gasteiger partial charge in [-0.1, -0.05) is 30.3 Å². The SMILES string of the molecule is CC1C(C(=O)O)=NC(n2ccc(OCc3ccccc3)cc2=O)N1C. The van der Waals surface area contributed by atoms with Crippen molar-refractivity contribution in [1.82, 2.24) is 9.47 Å². The lowest BCUT2D eigenvalue weighted by atomic mass is 10.2. The highest BCUT2D eigenvalue weighted by molar-refractivity contribution is 6.38. The number of nitrogens with zero attached hydrogens (tertiary/aromatic N) is 3. The monoisotopic (exact) mass is 341 g/mol. The highest BCUT2D eigenvalue weighted by Gasteiger charge is 2.35. The van der Waals surface area contributed by atoms with Gasteiger partial charge in [0.25, 0.3) is 5.56 Å². The van der Waals surface area contributed by atoms with E-state index in [-0.39, 0.29) is 17.3 Å². The number of benzene rings is 1. The van der Waals surface area contributed by atoms with Gasteiger partial charge in [-0.2, -0.15) is 0 Å². The van der Waals surface area contributed by atoms with Crippen LogP contribution in [0, 0.1) is 0 Å². The summed E-state index contributed by atoms with van der Waals surface area (Å²) < 4.78 is 7.03. The predicted molar refractivity (Wildman–Crippen MR) is 92.8 cm³/mol. The lowest BCUT2D eigenvalue weighted by Crippen LogP contribution is -2.38. The highest BCUT2D eigenvalue weighted by atomic mass is 16.5. The Kier molecular flexibility index (Phi) is 4.67. The van der Waals surface area contributed by atoms with E-state index in [1.165, 1.54) is 10.6 Å². The van der Waals surface area contributed by atoms with E-state index in [1.54, 1.807) is 31.1 Å². The van der Waals surface area contributed by atoms with E-state index >= 15 is 0 Å². The smallest absolute Gasteiger partial charge is 0.351 e. The number of hydrogen-bond acceptors (Lipinski definition) is 5. The lowest BCUT2D eigenvalue weighted by molar-refractivity contribution is -0.129. The molecule has 1 aliphatic heterocycles. The van der Waals surface area contributed by atoms with Gasteiger partial charge in [0.1, 0.15) is 18.1 Å². The van der Waals surface area contributed by atoms with E-state index in [4.69, 9.17) is 4.74 Å². The Bertz CT molecular complexity index is 860. The highest BCUT2D eigenvalue weighted by Crippen LogP contribution is 2.23. The minimum Gasteiger partial charge on any atom is -0.489 e. The summed E-state index contributed by atoms with van der Waals surface area (Å²) in [5.41, 5.74) is 0.750. The Morgan fingerprint density at radius 1 is 1.28 bits per heavy atom. The fraction of sp³-hybridized carbons (Fsp3) is 0.278. The molecule has 0 saturated carbocycles. The molecule has 0 amide bonds. The maximum Gasteiger partial charge on any atom is 0.351 e. The fourth-order valence-electron chi connectivity index (χ4n) is 2.70. The van der Waals surface area contributed by atoms with Gasteiger partial charge >= 0.3 is 5.97 Å². The summed E-state index contributed by atoms with van der Waals surface area (Å²) in [5, 5.41) is 9.19. The van der Waals surface area contributed by atoms with Gasteiger partial charge in [0.05, 0.1) is 6.04 Å². The Morgan fingerprint density at radius 2 is 2.00 bits per heavy atom.